The average Bonchev–Trinajstić information content (AvgIpc) is 2.09. The van der Waals surface area contributed by atoms with Crippen LogP contribution in [0.2, 0.25) is 0 Å². The number of halogens is 1. The van der Waals surface area contributed by atoms with Crippen molar-refractivity contribution >= 4 is 34.4 Å². The summed E-state index contributed by atoms with van der Waals surface area (Å²) in [6.07, 6.45) is 0.391. The molecular formula is C6H8INO2. The second-order valence-corrected chi connectivity index (χ2v) is 3.07. The number of hydrogen-bond donors (Lipinski definition) is 0. The predicted octanol–water partition coefficient (Wildman–Crippen LogP) is 0.774. The van der Waals surface area contributed by atoms with E-state index in [1.807, 2.05) is 22.6 Å². The largest absolute Gasteiger partial charge is 0.274 e. The van der Waals surface area contributed by atoms with E-state index >= 15 is 0 Å². The van der Waals surface area contributed by atoms with Crippen molar-refractivity contribution < 1.29 is 9.59 Å². The first-order chi connectivity index (χ1) is 4.66. The Balaban J connectivity index is 2.74. The first kappa shape index (κ1) is 7.97. The molecule has 0 N–H and O–H groups in total. The highest BCUT2D eigenvalue weighted by molar-refractivity contribution is 14.1. The lowest BCUT2D eigenvalue weighted by Gasteiger charge is -2.08. The topological polar surface area (TPSA) is 37.4 Å². The van der Waals surface area contributed by atoms with Gasteiger partial charge in [0.2, 0.25) is 11.8 Å². The van der Waals surface area contributed by atoms with E-state index in [0.717, 1.165) is 0 Å². The van der Waals surface area contributed by atoms with Crippen LogP contribution in [0.5, 0.6) is 0 Å². The Morgan fingerprint density at radius 2 is 2.30 bits per heavy atom. The zero-order valence-corrected chi connectivity index (χ0v) is 7.79. The van der Waals surface area contributed by atoms with E-state index in [1.165, 1.54) is 4.90 Å². The molecule has 1 rings (SSSR count). The van der Waals surface area contributed by atoms with Crippen LogP contribution in [0, 0.1) is 5.92 Å². The number of carbonyl (C=O) groups is 2. The molecule has 0 aliphatic carbocycles. The van der Waals surface area contributed by atoms with Gasteiger partial charge >= 0.3 is 0 Å². The molecule has 1 aliphatic heterocycles. The third-order valence-electron chi connectivity index (χ3n) is 1.59. The number of carbonyl (C=O) groups excluding carboxylic acids is 2. The fourth-order valence-electron chi connectivity index (χ4n) is 0.974. The van der Waals surface area contributed by atoms with Crippen molar-refractivity contribution in [1.82, 2.24) is 4.90 Å². The Hall–Kier alpha value is -0.130. The summed E-state index contributed by atoms with van der Waals surface area (Å²) in [4.78, 5) is 23.3. The van der Waals surface area contributed by atoms with E-state index in [4.69, 9.17) is 0 Å². The lowest BCUT2D eigenvalue weighted by Crippen LogP contribution is -2.28. The second kappa shape index (κ2) is 2.86. The Labute approximate surface area is 72.9 Å². The maximum absolute atomic E-state index is 11.0. The molecule has 2 amide bonds. The van der Waals surface area contributed by atoms with Crippen molar-refractivity contribution in [2.24, 2.45) is 5.92 Å². The number of rotatable bonds is 1. The predicted molar refractivity (Wildman–Crippen MR) is 44.5 cm³/mol. The first-order valence-electron chi connectivity index (χ1n) is 3.07. The van der Waals surface area contributed by atoms with Gasteiger partial charge in [-0.05, 0) is 0 Å². The summed E-state index contributed by atoms with van der Waals surface area (Å²) in [6, 6.07) is 0. The molecule has 0 spiro atoms. The zero-order valence-electron chi connectivity index (χ0n) is 5.63. The summed E-state index contributed by atoms with van der Waals surface area (Å²) in [6.45, 7) is 1.78. The Kier molecular flexibility index (Phi) is 2.28. The SMILES string of the molecule is CC1CC(=O)N(CI)C1=O. The van der Waals surface area contributed by atoms with Crippen LogP contribution in [-0.4, -0.2) is 21.3 Å². The highest BCUT2D eigenvalue weighted by Crippen LogP contribution is 2.18. The van der Waals surface area contributed by atoms with Gasteiger partial charge in [0.25, 0.3) is 0 Å². The van der Waals surface area contributed by atoms with Crippen LogP contribution in [0.3, 0.4) is 0 Å². The molecule has 0 aromatic carbocycles. The van der Waals surface area contributed by atoms with Crippen molar-refractivity contribution in [2.75, 3.05) is 4.55 Å². The molecule has 1 atom stereocenters. The number of likely N-dealkylation sites (tertiary alicyclic amines) is 1. The van der Waals surface area contributed by atoms with Gasteiger partial charge in [0, 0.05) is 12.3 Å². The third kappa shape index (κ3) is 1.16. The van der Waals surface area contributed by atoms with Crippen LogP contribution in [0.4, 0.5) is 0 Å². The fraction of sp³-hybridized carbons (Fsp3) is 0.667. The van der Waals surface area contributed by atoms with Crippen molar-refractivity contribution in [3.63, 3.8) is 0 Å². The number of amides is 2. The van der Waals surface area contributed by atoms with Crippen molar-refractivity contribution in [2.45, 2.75) is 13.3 Å². The molecule has 4 heteroatoms. The van der Waals surface area contributed by atoms with Crippen LogP contribution in [0.25, 0.3) is 0 Å². The van der Waals surface area contributed by atoms with Crippen LogP contribution in [-0.2, 0) is 9.59 Å². The summed E-state index contributed by atoms with van der Waals surface area (Å²) in [7, 11) is 0. The molecule has 3 nitrogen and oxygen atoms in total. The van der Waals surface area contributed by atoms with Crippen LogP contribution in [0.15, 0.2) is 0 Å². The molecule has 0 aromatic rings. The lowest BCUT2D eigenvalue weighted by molar-refractivity contribution is -0.137. The molecule has 10 heavy (non-hydrogen) atoms. The minimum absolute atomic E-state index is 0.0283. The van der Waals surface area contributed by atoms with Gasteiger partial charge in [-0.2, -0.15) is 0 Å². The molecule has 1 unspecified atom stereocenters. The maximum Gasteiger partial charge on any atom is 0.233 e. The number of imide groups is 1. The van der Waals surface area contributed by atoms with E-state index in [9.17, 15) is 9.59 Å². The van der Waals surface area contributed by atoms with E-state index in [-0.39, 0.29) is 17.7 Å². The van der Waals surface area contributed by atoms with Gasteiger partial charge in [0.15, 0.2) is 0 Å². The van der Waals surface area contributed by atoms with E-state index in [0.29, 0.717) is 11.0 Å². The van der Waals surface area contributed by atoms with Gasteiger partial charge in [0.05, 0.1) is 4.55 Å². The maximum atomic E-state index is 11.0. The monoisotopic (exact) mass is 253 g/mol. The van der Waals surface area contributed by atoms with Crippen molar-refractivity contribution in [1.29, 1.82) is 0 Å². The van der Waals surface area contributed by atoms with Gasteiger partial charge in [-0.15, -0.1) is 0 Å². The van der Waals surface area contributed by atoms with Crippen LogP contribution >= 0.6 is 22.6 Å². The molecule has 0 radical (unpaired) electrons. The lowest BCUT2D eigenvalue weighted by atomic mass is 10.1. The summed E-state index contributed by atoms with van der Waals surface area (Å²) >= 11 is 2.01. The standard InChI is InChI=1S/C6H8INO2/c1-4-2-5(9)8(3-7)6(4)10/h4H,2-3H2,1H3. The Morgan fingerprint density at radius 1 is 1.70 bits per heavy atom. The summed E-state index contributed by atoms with van der Waals surface area (Å²) in [5.41, 5.74) is 0. The van der Waals surface area contributed by atoms with Crippen molar-refractivity contribution in [3.8, 4) is 0 Å². The van der Waals surface area contributed by atoms with Gasteiger partial charge in [-0.25, -0.2) is 0 Å². The molecule has 1 heterocycles. The summed E-state index contributed by atoms with van der Waals surface area (Å²) in [5.74, 6) is -0.159. The number of alkyl halides is 1. The molecule has 56 valence electrons. The molecule has 1 fully saturated rings. The molecule has 1 saturated heterocycles. The molecule has 0 saturated carbocycles. The van der Waals surface area contributed by atoms with Gasteiger partial charge in [-0.1, -0.05) is 29.5 Å². The third-order valence-corrected chi connectivity index (χ3v) is 2.27. The molecule has 1 aliphatic rings. The van der Waals surface area contributed by atoms with E-state index in [2.05, 4.69) is 0 Å². The Bertz CT molecular complexity index is 181. The quantitative estimate of drug-likeness (QED) is 0.299. The minimum Gasteiger partial charge on any atom is -0.274 e. The fourth-order valence-corrected chi connectivity index (χ4v) is 1.69. The number of nitrogens with zero attached hydrogens (tertiary/aromatic N) is 1. The second-order valence-electron chi connectivity index (χ2n) is 2.38. The highest BCUT2D eigenvalue weighted by atomic mass is 127. The Morgan fingerprint density at radius 3 is 2.50 bits per heavy atom. The van der Waals surface area contributed by atoms with Crippen molar-refractivity contribution in [3.05, 3.63) is 0 Å². The van der Waals surface area contributed by atoms with Gasteiger partial charge in [-0.3, -0.25) is 14.5 Å². The minimum atomic E-state index is -0.0951. The summed E-state index contributed by atoms with van der Waals surface area (Å²) in [5, 5.41) is 0. The van der Waals surface area contributed by atoms with Gasteiger partial charge < -0.3 is 0 Å². The smallest absolute Gasteiger partial charge is 0.233 e. The average molecular weight is 253 g/mol. The molecular weight excluding hydrogens is 245 g/mol. The number of hydrogen-bond acceptors (Lipinski definition) is 2. The van der Waals surface area contributed by atoms with Crippen LogP contribution in [0.1, 0.15) is 13.3 Å². The first-order valence-corrected chi connectivity index (χ1v) is 4.59. The molecule has 0 aromatic heterocycles. The van der Waals surface area contributed by atoms with Gasteiger partial charge in [0.1, 0.15) is 0 Å². The highest BCUT2D eigenvalue weighted by Gasteiger charge is 2.34. The molecule has 0 bridgehead atoms. The van der Waals surface area contributed by atoms with Crippen LogP contribution < -0.4 is 0 Å². The van der Waals surface area contributed by atoms with E-state index < -0.39 is 0 Å². The zero-order chi connectivity index (χ0) is 7.72. The van der Waals surface area contributed by atoms with E-state index in [1.54, 1.807) is 6.92 Å². The normalized spacial score (nSPS) is 26.2. The summed E-state index contributed by atoms with van der Waals surface area (Å²) < 4.78 is 0.486.